The molecule has 0 saturated heterocycles. The van der Waals surface area contributed by atoms with E-state index in [1.165, 1.54) is 0 Å². The van der Waals surface area contributed by atoms with Crippen LogP contribution in [0.15, 0.2) is 22.8 Å². The highest BCUT2D eigenvalue weighted by molar-refractivity contribution is 5.00. The summed E-state index contributed by atoms with van der Waals surface area (Å²) < 4.78 is 5.35. The van der Waals surface area contributed by atoms with Crippen LogP contribution in [0.1, 0.15) is 39.4 Å². The van der Waals surface area contributed by atoms with E-state index in [1.54, 1.807) is 6.26 Å². The van der Waals surface area contributed by atoms with Crippen molar-refractivity contribution in [3.8, 4) is 0 Å². The van der Waals surface area contributed by atoms with Crippen molar-refractivity contribution in [3.63, 3.8) is 0 Å². The van der Waals surface area contributed by atoms with Crippen molar-refractivity contribution < 1.29 is 4.42 Å². The summed E-state index contributed by atoms with van der Waals surface area (Å²) in [5.74, 6) is 1.04. The first kappa shape index (κ1) is 14.3. The zero-order valence-corrected chi connectivity index (χ0v) is 11.3. The smallest absolute Gasteiger partial charge is 0.105 e. The maximum Gasteiger partial charge on any atom is 0.105 e. The minimum atomic E-state index is 0.247. The van der Waals surface area contributed by atoms with Gasteiger partial charge < -0.3 is 15.5 Å². The van der Waals surface area contributed by atoms with Crippen molar-refractivity contribution >= 4 is 0 Å². The highest BCUT2D eigenvalue weighted by atomic mass is 16.3. The standard InChI is InChI=1S/C14H26N2O/c1-4-14(5-2,10-15)11-16-12(3)9-13-7-6-8-17-13/h6-8,12,16H,4-5,9-11,15H2,1-3H3. The van der Waals surface area contributed by atoms with Gasteiger partial charge in [-0.15, -0.1) is 0 Å². The molecule has 3 heteroatoms. The Morgan fingerprint density at radius 2 is 2.12 bits per heavy atom. The van der Waals surface area contributed by atoms with Crippen LogP contribution in [-0.2, 0) is 6.42 Å². The molecule has 3 N–H and O–H groups in total. The lowest BCUT2D eigenvalue weighted by Gasteiger charge is -2.31. The monoisotopic (exact) mass is 238 g/mol. The average Bonchev–Trinajstić information content (AvgIpc) is 2.84. The summed E-state index contributed by atoms with van der Waals surface area (Å²) in [6.07, 6.45) is 4.91. The van der Waals surface area contributed by atoms with Crippen LogP contribution in [0.4, 0.5) is 0 Å². The summed E-state index contributed by atoms with van der Waals surface area (Å²) in [4.78, 5) is 0. The fraction of sp³-hybridized carbons (Fsp3) is 0.714. The van der Waals surface area contributed by atoms with Gasteiger partial charge in [0.15, 0.2) is 0 Å². The first-order valence-electron chi connectivity index (χ1n) is 6.61. The Morgan fingerprint density at radius 3 is 2.59 bits per heavy atom. The maximum atomic E-state index is 5.89. The van der Waals surface area contributed by atoms with Gasteiger partial charge in [-0.25, -0.2) is 0 Å². The normalized spacial score (nSPS) is 13.9. The molecule has 1 unspecified atom stereocenters. The van der Waals surface area contributed by atoms with Gasteiger partial charge in [0.1, 0.15) is 5.76 Å². The third-order valence-electron chi connectivity index (χ3n) is 3.85. The Bertz CT molecular complexity index is 283. The molecule has 3 nitrogen and oxygen atoms in total. The zero-order valence-electron chi connectivity index (χ0n) is 11.3. The second kappa shape index (κ2) is 6.82. The molecule has 17 heavy (non-hydrogen) atoms. The Balaban J connectivity index is 2.38. The lowest BCUT2D eigenvalue weighted by Crippen LogP contribution is -2.43. The third kappa shape index (κ3) is 4.17. The number of hydrogen-bond donors (Lipinski definition) is 2. The van der Waals surface area contributed by atoms with E-state index in [4.69, 9.17) is 10.2 Å². The summed E-state index contributed by atoms with van der Waals surface area (Å²) in [7, 11) is 0. The van der Waals surface area contributed by atoms with Gasteiger partial charge >= 0.3 is 0 Å². The molecule has 0 aromatic carbocycles. The first-order valence-corrected chi connectivity index (χ1v) is 6.61. The number of rotatable bonds is 8. The van der Waals surface area contributed by atoms with Crippen LogP contribution in [0.5, 0.6) is 0 Å². The molecule has 0 spiro atoms. The van der Waals surface area contributed by atoms with Gasteiger partial charge in [-0.1, -0.05) is 13.8 Å². The van der Waals surface area contributed by atoms with Crippen LogP contribution in [0.3, 0.4) is 0 Å². The number of furan rings is 1. The van der Waals surface area contributed by atoms with Gasteiger partial charge in [-0.3, -0.25) is 0 Å². The van der Waals surface area contributed by atoms with Crippen molar-refractivity contribution in [2.75, 3.05) is 13.1 Å². The summed E-state index contributed by atoms with van der Waals surface area (Å²) in [6.45, 7) is 8.36. The highest BCUT2D eigenvalue weighted by Crippen LogP contribution is 2.23. The minimum absolute atomic E-state index is 0.247. The van der Waals surface area contributed by atoms with Gasteiger partial charge in [0.25, 0.3) is 0 Å². The molecule has 0 aliphatic carbocycles. The van der Waals surface area contributed by atoms with Gasteiger partial charge in [-0.05, 0) is 43.9 Å². The Labute approximate surface area is 105 Å². The lowest BCUT2D eigenvalue weighted by atomic mass is 9.82. The van der Waals surface area contributed by atoms with Crippen molar-refractivity contribution in [3.05, 3.63) is 24.2 Å². The van der Waals surface area contributed by atoms with Crippen molar-refractivity contribution in [2.45, 2.75) is 46.1 Å². The number of nitrogens with two attached hydrogens (primary N) is 1. The zero-order chi connectivity index (χ0) is 12.7. The topological polar surface area (TPSA) is 51.2 Å². The molecular formula is C14H26N2O. The van der Waals surface area contributed by atoms with Crippen molar-refractivity contribution in [1.29, 1.82) is 0 Å². The Hall–Kier alpha value is -0.800. The van der Waals surface area contributed by atoms with Gasteiger partial charge in [-0.2, -0.15) is 0 Å². The quantitative estimate of drug-likeness (QED) is 0.732. The molecule has 1 atom stereocenters. The molecule has 0 fully saturated rings. The number of nitrogens with one attached hydrogen (secondary N) is 1. The Kier molecular flexibility index (Phi) is 5.72. The van der Waals surface area contributed by atoms with E-state index in [1.807, 2.05) is 12.1 Å². The van der Waals surface area contributed by atoms with E-state index in [2.05, 4.69) is 26.1 Å². The minimum Gasteiger partial charge on any atom is -0.469 e. The van der Waals surface area contributed by atoms with Crippen LogP contribution >= 0.6 is 0 Å². The molecule has 0 amide bonds. The molecule has 0 saturated carbocycles. The van der Waals surface area contributed by atoms with Crippen molar-refractivity contribution in [1.82, 2.24) is 5.32 Å². The average molecular weight is 238 g/mol. The lowest BCUT2D eigenvalue weighted by molar-refractivity contribution is 0.247. The first-order chi connectivity index (χ1) is 8.15. The van der Waals surface area contributed by atoms with Crippen LogP contribution in [0.25, 0.3) is 0 Å². The fourth-order valence-electron chi connectivity index (χ4n) is 2.05. The van der Waals surface area contributed by atoms with Crippen LogP contribution in [-0.4, -0.2) is 19.1 Å². The molecule has 0 radical (unpaired) electrons. The van der Waals surface area contributed by atoms with Crippen LogP contribution < -0.4 is 11.1 Å². The van der Waals surface area contributed by atoms with E-state index in [0.29, 0.717) is 6.04 Å². The van der Waals surface area contributed by atoms with Crippen molar-refractivity contribution in [2.24, 2.45) is 11.1 Å². The van der Waals surface area contributed by atoms with Gasteiger partial charge in [0, 0.05) is 19.0 Å². The predicted octanol–water partition coefficient (Wildman–Crippen LogP) is 2.57. The molecule has 0 aliphatic rings. The molecule has 0 bridgehead atoms. The summed E-state index contributed by atoms with van der Waals surface area (Å²) in [5.41, 5.74) is 6.14. The molecule has 0 aliphatic heterocycles. The van der Waals surface area contributed by atoms with Crippen LogP contribution in [0.2, 0.25) is 0 Å². The number of hydrogen-bond acceptors (Lipinski definition) is 3. The second-order valence-corrected chi connectivity index (χ2v) is 4.98. The van der Waals surface area contributed by atoms with E-state index >= 15 is 0 Å². The third-order valence-corrected chi connectivity index (χ3v) is 3.85. The predicted molar refractivity (Wildman–Crippen MR) is 71.9 cm³/mol. The Morgan fingerprint density at radius 1 is 1.41 bits per heavy atom. The maximum absolute atomic E-state index is 5.89. The second-order valence-electron chi connectivity index (χ2n) is 4.98. The molecule has 1 aromatic heterocycles. The summed E-state index contributed by atoms with van der Waals surface area (Å²) in [6, 6.07) is 4.38. The van der Waals surface area contributed by atoms with E-state index in [-0.39, 0.29) is 5.41 Å². The molecule has 1 rings (SSSR count). The highest BCUT2D eigenvalue weighted by Gasteiger charge is 2.24. The summed E-state index contributed by atoms with van der Waals surface area (Å²) in [5, 5.41) is 3.57. The van der Waals surface area contributed by atoms with Gasteiger partial charge in [0.05, 0.1) is 6.26 Å². The molecule has 1 heterocycles. The molecule has 1 aromatic rings. The van der Waals surface area contributed by atoms with E-state index in [0.717, 1.165) is 38.1 Å². The van der Waals surface area contributed by atoms with E-state index < -0.39 is 0 Å². The molecular weight excluding hydrogens is 212 g/mol. The fourth-order valence-corrected chi connectivity index (χ4v) is 2.05. The summed E-state index contributed by atoms with van der Waals surface area (Å²) >= 11 is 0. The largest absolute Gasteiger partial charge is 0.469 e. The SMILES string of the molecule is CCC(CC)(CN)CNC(C)Cc1ccco1. The molecule has 98 valence electrons. The van der Waals surface area contributed by atoms with Gasteiger partial charge in [0.2, 0.25) is 0 Å². The van der Waals surface area contributed by atoms with E-state index in [9.17, 15) is 0 Å². The van der Waals surface area contributed by atoms with Crippen LogP contribution in [0, 0.1) is 5.41 Å².